The number of hydrogen-bond acceptors (Lipinski definition) is 3. The van der Waals surface area contributed by atoms with Crippen LogP contribution in [0.15, 0.2) is 52.2 Å². The molecule has 134 valence electrons. The number of hydrogen-bond donors (Lipinski definition) is 2. The standard InChI is InChI=1S/C20H20N2O3S/c1-13-10-16-6-8-17(12-19(16)21-20(13)23)22-26(24,25)18-9-7-14-4-2-3-5-15(14)11-18/h6-12,22H,2-5H2,1H3,(H,21,23). The molecule has 1 heterocycles. The number of H-pyrrole nitrogens is 1. The van der Waals surface area contributed by atoms with E-state index in [1.54, 1.807) is 43.3 Å². The third-order valence-corrected chi connectivity index (χ3v) is 6.29. The molecule has 3 aromatic rings. The van der Waals surface area contributed by atoms with Crippen molar-refractivity contribution in [1.29, 1.82) is 0 Å². The Kier molecular flexibility index (Phi) is 4.07. The number of fused-ring (bicyclic) bond motifs is 2. The molecule has 0 atom stereocenters. The number of aryl methyl sites for hydroxylation is 3. The van der Waals surface area contributed by atoms with Crippen molar-refractivity contribution >= 4 is 26.6 Å². The lowest BCUT2D eigenvalue weighted by Crippen LogP contribution is -2.15. The zero-order chi connectivity index (χ0) is 18.3. The van der Waals surface area contributed by atoms with E-state index < -0.39 is 10.0 Å². The first kappa shape index (κ1) is 16.8. The highest BCUT2D eigenvalue weighted by atomic mass is 32.2. The molecule has 0 amide bonds. The van der Waals surface area contributed by atoms with Gasteiger partial charge in [-0.2, -0.15) is 0 Å². The van der Waals surface area contributed by atoms with Gasteiger partial charge < -0.3 is 4.98 Å². The van der Waals surface area contributed by atoms with E-state index in [2.05, 4.69) is 9.71 Å². The average molecular weight is 368 g/mol. The van der Waals surface area contributed by atoms with Crippen LogP contribution in [0.2, 0.25) is 0 Å². The van der Waals surface area contributed by atoms with Gasteiger partial charge in [-0.3, -0.25) is 9.52 Å². The number of aromatic nitrogens is 1. The summed E-state index contributed by atoms with van der Waals surface area (Å²) in [6, 6.07) is 12.3. The lowest BCUT2D eigenvalue weighted by molar-refractivity contribution is 0.600. The first-order valence-corrected chi connectivity index (χ1v) is 10.2. The molecule has 4 rings (SSSR count). The topological polar surface area (TPSA) is 79.0 Å². The summed E-state index contributed by atoms with van der Waals surface area (Å²) in [4.78, 5) is 14.8. The highest BCUT2D eigenvalue weighted by Gasteiger charge is 2.18. The van der Waals surface area contributed by atoms with Crippen molar-refractivity contribution in [1.82, 2.24) is 4.98 Å². The number of nitrogens with one attached hydrogen (secondary N) is 2. The van der Waals surface area contributed by atoms with Crippen molar-refractivity contribution in [2.45, 2.75) is 37.5 Å². The molecule has 0 radical (unpaired) electrons. The van der Waals surface area contributed by atoms with Crippen LogP contribution in [-0.4, -0.2) is 13.4 Å². The number of rotatable bonds is 3. The molecular formula is C20H20N2O3S. The number of aromatic amines is 1. The van der Waals surface area contributed by atoms with Crippen LogP contribution in [0, 0.1) is 6.92 Å². The lowest BCUT2D eigenvalue weighted by atomic mass is 9.92. The molecule has 0 saturated carbocycles. The van der Waals surface area contributed by atoms with Gasteiger partial charge in [0.25, 0.3) is 15.6 Å². The number of sulfonamides is 1. The minimum Gasteiger partial charge on any atom is -0.322 e. The molecule has 0 aliphatic heterocycles. The van der Waals surface area contributed by atoms with Gasteiger partial charge in [0.15, 0.2) is 0 Å². The molecule has 1 aliphatic carbocycles. The Morgan fingerprint density at radius 3 is 2.54 bits per heavy atom. The fourth-order valence-electron chi connectivity index (χ4n) is 3.46. The Morgan fingerprint density at radius 1 is 0.962 bits per heavy atom. The normalized spacial score (nSPS) is 14.2. The maximum Gasteiger partial charge on any atom is 0.261 e. The molecule has 2 aromatic carbocycles. The maximum atomic E-state index is 12.8. The molecule has 0 bridgehead atoms. The zero-order valence-corrected chi connectivity index (χ0v) is 15.3. The average Bonchev–Trinajstić information content (AvgIpc) is 2.62. The third kappa shape index (κ3) is 3.12. The van der Waals surface area contributed by atoms with Crippen LogP contribution in [0.4, 0.5) is 5.69 Å². The SMILES string of the molecule is Cc1cc2ccc(NS(=O)(=O)c3ccc4c(c3)CCCC4)cc2[nH]c1=O. The summed E-state index contributed by atoms with van der Waals surface area (Å²) in [5.74, 6) is 0. The summed E-state index contributed by atoms with van der Waals surface area (Å²) in [5.41, 5.74) is 3.85. The number of anilines is 1. The van der Waals surface area contributed by atoms with Gasteiger partial charge in [-0.15, -0.1) is 0 Å². The molecule has 0 fully saturated rings. The molecular weight excluding hydrogens is 348 g/mol. The molecule has 1 aromatic heterocycles. The predicted molar refractivity (Wildman–Crippen MR) is 103 cm³/mol. The van der Waals surface area contributed by atoms with E-state index in [0.29, 0.717) is 16.8 Å². The van der Waals surface area contributed by atoms with Crippen LogP contribution in [0.5, 0.6) is 0 Å². The molecule has 1 aliphatic rings. The van der Waals surface area contributed by atoms with E-state index in [9.17, 15) is 13.2 Å². The van der Waals surface area contributed by atoms with E-state index in [1.807, 2.05) is 6.07 Å². The fourth-order valence-corrected chi connectivity index (χ4v) is 4.56. The molecule has 26 heavy (non-hydrogen) atoms. The Bertz CT molecular complexity index is 1160. The minimum absolute atomic E-state index is 0.174. The van der Waals surface area contributed by atoms with Crippen LogP contribution < -0.4 is 10.3 Å². The van der Waals surface area contributed by atoms with E-state index in [0.717, 1.165) is 36.6 Å². The summed E-state index contributed by atoms with van der Waals surface area (Å²) in [6.07, 6.45) is 4.20. The summed E-state index contributed by atoms with van der Waals surface area (Å²) in [5, 5.41) is 0.860. The van der Waals surface area contributed by atoms with Crippen LogP contribution in [0.25, 0.3) is 10.9 Å². The van der Waals surface area contributed by atoms with Gasteiger partial charge in [-0.1, -0.05) is 12.1 Å². The smallest absolute Gasteiger partial charge is 0.261 e. The summed E-state index contributed by atoms with van der Waals surface area (Å²) < 4.78 is 28.1. The van der Waals surface area contributed by atoms with Crippen molar-refractivity contribution in [3.05, 3.63) is 69.5 Å². The molecule has 2 N–H and O–H groups in total. The Balaban J connectivity index is 1.68. The highest BCUT2D eigenvalue weighted by molar-refractivity contribution is 7.92. The Labute approximate surface area is 152 Å². The van der Waals surface area contributed by atoms with E-state index in [4.69, 9.17) is 0 Å². The molecule has 6 heteroatoms. The number of pyridine rings is 1. The monoisotopic (exact) mass is 368 g/mol. The summed E-state index contributed by atoms with van der Waals surface area (Å²) in [6.45, 7) is 1.74. The van der Waals surface area contributed by atoms with Gasteiger partial charge in [-0.05, 0) is 79.5 Å². The maximum absolute atomic E-state index is 12.8. The van der Waals surface area contributed by atoms with Crippen LogP contribution >= 0.6 is 0 Å². The second-order valence-corrected chi connectivity index (χ2v) is 8.51. The quantitative estimate of drug-likeness (QED) is 0.742. The highest BCUT2D eigenvalue weighted by Crippen LogP contribution is 2.26. The van der Waals surface area contributed by atoms with Crippen molar-refractivity contribution in [3.63, 3.8) is 0 Å². The van der Waals surface area contributed by atoms with E-state index >= 15 is 0 Å². The van der Waals surface area contributed by atoms with Crippen molar-refractivity contribution in [2.24, 2.45) is 0 Å². The summed E-state index contributed by atoms with van der Waals surface area (Å²) in [7, 11) is -3.68. The predicted octanol–water partition coefficient (Wildman–Crippen LogP) is 3.52. The largest absolute Gasteiger partial charge is 0.322 e. The minimum atomic E-state index is -3.68. The molecule has 0 saturated heterocycles. The van der Waals surface area contributed by atoms with Crippen molar-refractivity contribution in [2.75, 3.05) is 4.72 Å². The third-order valence-electron chi connectivity index (χ3n) is 4.91. The Hall–Kier alpha value is -2.60. The van der Waals surface area contributed by atoms with Gasteiger partial charge in [0.1, 0.15) is 0 Å². The van der Waals surface area contributed by atoms with Gasteiger partial charge in [0.05, 0.1) is 16.1 Å². The van der Waals surface area contributed by atoms with Crippen molar-refractivity contribution in [3.8, 4) is 0 Å². The fraction of sp³-hybridized carbons (Fsp3) is 0.250. The number of benzene rings is 2. The van der Waals surface area contributed by atoms with E-state index in [1.165, 1.54) is 5.56 Å². The molecule has 0 unspecified atom stereocenters. The van der Waals surface area contributed by atoms with Crippen LogP contribution in [0.3, 0.4) is 0 Å². The molecule has 0 spiro atoms. The first-order chi connectivity index (χ1) is 12.4. The lowest BCUT2D eigenvalue weighted by Gasteiger charge is -2.17. The zero-order valence-electron chi connectivity index (χ0n) is 14.5. The summed E-state index contributed by atoms with van der Waals surface area (Å²) >= 11 is 0. The first-order valence-electron chi connectivity index (χ1n) is 8.71. The molecule has 5 nitrogen and oxygen atoms in total. The van der Waals surface area contributed by atoms with Crippen LogP contribution in [-0.2, 0) is 22.9 Å². The van der Waals surface area contributed by atoms with Gasteiger partial charge in [0.2, 0.25) is 0 Å². The van der Waals surface area contributed by atoms with Gasteiger partial charge in [0, 0.05) is 5.56 Å². The second-order valence-electron chi connectivity index (χ2n) is 6.83. The Morgan fingerprint density at radius 2 is 1.73 bits per heavy atom. The van der Waals surface area contributed by atoms with Gasteiger partial charge in [-0.25, -0.2) is 8.42 Å². The van der Waals surface area contributed by atoms with Crippen LogP contribution in [0.1, 0.15) is 29.5 Å². The second kappa shape index (κ2) is 6.29. The van der Waals surface area contributed by atoms with Gasteiger partial charge >= 0.3 is 0 Å². The van der Waals surface area contributed by atoms with E-state index in [-0.39, 0.29) is 10.5 Å². The van der Waals surface area contributed by atoms with Crippen molar-refractivity contribution < 1.29 is 8.42 Å².